The third-order valence-electron chi connectivity index (χ3n) is 4.42. The molecule has 0 aliphatic rings. The van der Waals surface area contributed by atoms with Gasteiger partial charge in [-0.2, -0.15) is 10.4 Å². The number of fused-ring (bicyclic) bond motifs is 1. The minimum Gasteiger partial charge on any atom is -0.339 e. The summed E-state index contributed by atoms with van der Waals surface area (Å²) in [7, 11) is 0. The highest BCUT2D eigenvalue weighted by Gasteiger charge is 2.17. The maximum Gasteiger partial charge on any atom is 0.256 e. The number of rotatable bonds is 6. The summed E-state index contributed by atoms with van der Waals surface area (Å²) in [4.78, 5) is 17.8. The summed E-state index contributed by atoms with van der Waals surface area (Å²) < 4.78 is 14.3. The molecule has 6 nitrogen and oxygen atoms in total. The summed E-state index contributed by atoms with van der Waals surface area (Å²) in [5.41, 5.74) is 2.35. The van der Waals surface area contributed by atoms with Crippen LogP contribution in [0.15, 0.2) is 70.6 Å². The van der Waals surface area contributed by atoms with Crippen molar-refractivity contribution in [3.63, 3.8) is 0 Å². The van der Waals surface area contributed by atoms with Gasteiger partial charge in [0.1, 0.15) is 12.4 Å². The third-order valence-corrected chi connectivity index (χ3v) is 5.47. The molecular weight excluding hydrogens is 413 g/mol. The van der Waals surface area contributed by atoms with Gasteiger partial charge in [0.2, 0.25) is 0 Å². The van der Waals surface area contributed by atoms with E-state index in [0.29, 0.717) is 4.90 Å². The Morgan fingerprint density at radius 3 is 2.90 bits per heavy atom. The lowest BCUT2D eigenvalue weighted by atomic mass is 10.2. The van der Waals surface area contributed by atoms with Crippen molar-refractivity contribution in [1.29, 1.82) is 5.26 Å². The van der Waals surface area contributed by atoms with Crippen LogP contribution in [-0.4, -0.2) is 27.6 Å². The molecule has 0 fully saturated rings. The van der Waals surface area contributed by atoms with Crippen LogP contribution in [0.5, 0.6) is 0 Å². The Balaban J connectivity index is 1.60. The zero-order valence-electron chi connectivity index (χ0n) is 16.2. The summed E-state index contributed by atoms with van der Waals surface area (Å²) in [6.07, 6.45) is 5.50. The highest BCUT2D eigenvalue weighted by atomic mass is 32.2. The van der Waals surface area contributed by atoms with Gasteiger partial charge in [0.05, 0.1) is 28.5 Å². The van der Waals surface area contributed by atoms with Gasteiger partial charge in [0.25, 0.3) is 5.91 Å². The molecule has 0 saturated carbocycles. The monoisotopic (exact) mass is 429 g/mol. The maximum atomic E-state index is 14.3. The number of hydrogen-bond acceptors (Lipinski definition) is 5. The van der Waals surface area contributed by atoms with E-state index in [4.69, 9.17) is 5.26 Å². The number of benzene rings is 2. The number of nitrogens with zero attached hydrogens (tertiary/aromatic N) is 3. The predicted octanol–water partition coefficient (Wildman–Crippen LogP) is 4.67. The van der Waals surface area contributed by atoms with Gasteiger partial charge in [-0.05, 0) is 54.6 Å². The van der Waals surface area contributed by atoms with Gasteiger partial charge >= 0.3 is 0 Å². The Morgan fingerprint density at radius 2 is 2.10 bits per heavy atom. The number of nitrogens with one attached hydrogen (secondary N) is 2. The fraction of sp³-hybridized carbons (Fsp3) is 0.0435. The van der Waals surface area contributed by atoms with Crippen molar-refractivity contribution in [1.82, 2.24) is 20.5 Å². The molecule has 2 N–H and O–H groups in total. The van der Waals surface area contributed by atoms with Gasteiger partial charge in [-0.15, -0.1) is 0 Å². The molecule has 0 atom stereocenters. The van der Waals surface area contributed by atoms with Crippen LogP contribution in [0.2, 0.25) is 0 Å². The Morgan fingerprint density at radius 1 is 1.19 bits per heavy atom. The average Bonchev–Trinajstić information content (AvgIpc) is 3.19. The van der Waals surface area contributed by atoms with E-state index in [-0.39, 0.29) is 12.1 Å². The molecule has 0 radical (unpaired) electrons. The highest BCUT2D eigenvalue weighted by molar-refractivity contribution is 7.99. The smallest absolute Gasteiger partial charge is 0.256 e. The van der Waals surface area contributed by atoms with Crippen LogP contribution in [0.25, 0.3) is 23.1 Å². The van der Waals surface area contributed by atoms with Crippen molar-refractivity contribution >= 4 is 40.7 Å². The fourth-order valence-electron chi connectivity index (χ4n) is 2.99. The largest absolute Gasteiger partial charge is 0.339 e. The fourth-order valence-corrected chi connectivity index (χ4v) is 4.00. The molecule has 0 aliphatic heterocycles. The number of aromatic nitrogens is 3. The molecule has 4 aromatic rings. The van der Waals surface area contributed by atoms with E-state index in [9.17, 15) is 9.18 Å². The van der Waals surface area contributed by atoms with E-state index >= 15 is 0 Å². The summed E-state index contributed by atoms with van der Waals surface area (Å²) in [6.45, 7) is -0.188. The number of aromatic amines is 1. The van der Waals surface area contributed by atoms with Crippen LogP contribution in [0.4, 0.5) is 4.39 Å². The van der Waals surface area contributed by atoms with Crippen molar-refractivity contribution in [2.24, 2.45) is 0 Å². The Hall–Kier alpha value is -3.96. The van der Waals surface area contributed by atoms with Crippen molar-refractivity contribution in [3.8, 4) is 6.07 Å². The third kappa shape index (κ3) is 4.63. The molecule has 0 aliphatic carbocycles. The number of carbonyl (C=O) groups is 1. The number of amides is 1. The first kappa shape index (κ1) is 20.3. The molecule has 0 unspecified atom stereocenters. The minimum absolute atomic E-state index is 0.0774. The minimum atomic E-state index is -0.634. The molecular formula is C23H16FN5OS. The predicted molar refractivity (Wildman–Crippen MR) is 118 cm³/mol. The maximum absolute atomic E-state index is 14.3. The number of hydrogen-bond donors (Lipinski definition) is 2. The molecule has 31 heavy (non-hydrogen) atoms. The van der Waals surface area contributed by atoms with Gasteiger partial charge in [-0.25, -0.2) is 4.39 Å². The van der Waals surface area contributed by atoms with E-state index < -0.39 is 11.7 Å². The molecule has 152 valence electrons. The molecule has 0 spiro atoms. The second-order valence-corrected chi connectivity index (χ2v) is 7.58. The molecule has 4 rings (SSSR count). The highest BCUT2D eigenvalue weighted by Crippen LogP contribution is 2.33. The normalized spacial score (nSPS) is 11.0. The topological polar surface area (TPSA) is 94.5 Å². The standard InChI is InChI=1S/C23H16FN5OS/c24-18-5-3-6-21(22(18)23(30)27-13-11-25)31-16-8-9-17-19(28-29-20(17)14-16)10-7-15-4-1-2-12-26-15/h1-10,12,14H,13H2,(H,27,30)(H,28,29)/b10-7+. The first-order valence-corrected chi connectivity index (χ1v) is 10.2. The van der Waals surface area contributed by atoms with Crippen molar-refractivity contribution in [3.05, 3.63) is 83.6 Å². The zero-order valence-corrected chi connectivity index (χ0v) is 17.0. The quantitative estimate of drug-likeness (QED) is 0.434. The first-order chi connectivity index (χ1) is 15.2. The van der Waals surface area contributed by atoms with Crippen LogP contribution >= 0.6 is 11.8 Å². The summed E-state index contributed by atoms with van der Waals surface area (Å²) in [5, 5.41) is 19.3. The van der Waals surface area contributed by atoms with E-state index in [0.717, 1.165) is 27.2 Å². The SMILES string of the molecule is N#CCNC(=O)c1c(F)cccc1Sc1ccc2c(/C=C/c3ccccn3)n[nH]c2c1. The molecule has 0 bridgehead atoms. The molecule has 2 aromatic heterocycles. The molecule has 2 aromatic carbocycles. The summed E-state index contributed by atoms with van der Waals surface area (Å²) in [5.74, 6) is -1.25. The number of nitriles is 1. The average molecular weight is 429 g/mol. The van der Waals surface area contributed by atoms with E-state index in [1.54, 1.807) is 18.3 Å². The molecule has 2 heterocycles. The Kier molecular flexibility index (Phi) is 6.05. The number of pyridine rings is 1. The van der Waals surface area contributed by atoms with Crippen LogP contribution in [0.1, 0.15) is 21.7 Å². The summed E-state index contributed by atoms with van der Waals surface area (Å²) in [6, 6.07) is 17.7. The number of halogens is 1. The van der Waals surface area contributed by atoms with Crippen LogP contribution in [0, 0.1) is 17.1 Å². The second-order valence-electron chi connectivity index (χ2n) is 6.46. The van der Waals surface area contributed by atoms with Crippen LogP contribution in [-0.2, 0) is 0 Å². The van der Waals surface area contributed by atoms with Gasteiger partial charge in [0.15, 0.2) is 0 Å². The Labute approximate surface area is 181 Å². The Bertz CT molecular complexity index is 1310. The molecule has 0 saturated heterocycles. The second kappa shape index (κ2) is 9.24. The van der Waals surface area contributed by atoms with Gasteiger partial charge in [0, 0.05) is 21.4 Å². The van der Waals surface area contributed by atoms with E-state index in [1.807, 2.05) is 54.6 Å². The lowest BCUT2D eigenvalue weighted by molar-refractivity contribution is 0.0951. The van der Waals surface area contributed by atoms with Crippen molar-refractivity contribution < 1.29 is 9.18 Å². The van der Waals surface area contributed by atoms with Gasteiger partial charge < -0.3 is 5.32 Å². The van der Waals surface area contributed by atoms with E-state index in [2.05, 4.69) is 20.5 Å². The van der Waals surface area contributed by atoms with Crippen molar-refractivity contribution in [2.75, 3.05) is 6.54 Å². The first-order valence-electron chi connectivity index (χ1n) is 9.34. The zero-order chi connectivity index (χ0) is 21.6. The molecule has 8 heteroatoms. The van der Waals surface area contributed by atoms with Gasteiger partial charge in [-0.3, -0.25) is 14.9 Å². The van der Waals surface area contributed by atoms with Crippen LogP contribution in [0.3, 0.4) is 0 Å². The van der Waals surface area contributed by atoms with Crippen LogP contribution < -0.4 is 5.32 Å². The molecule has 1 amide bonds. The number of H-pyrrole nitrogens is 1. The lowest BCUT2D eigenvalue weighted by Crippen LogP contribution is -2.25. The lowest BCUT2D eigenvalue weighted by Gasteiger charge is -2.09. The number of carbonyl (C=O) groups excluding carboxylic acids is 1. The summed E-state index contributed by atoms with van der Waals surface area (Å²) >= 11 is 1.26. The van der Waals surface area contributed by atoms with E-state index in [1.165, 1.54) is 17.8 Å². The van der Waals surface area contributed by atoms with Crippen molar-refractivity contribution in [2.45, 2.75) is 9.79 Å². The van der Waals surface area contributed by atoms with Gasteiger partial charge in [-0.1, -0.05) is 23.9 Å².